The molecule has 2 rings (SSSR count). The highest BCUT2D eigenvalue weighted by Crippen LogP contribution is 2.19. The van der Waals surface area contributed by atoms with E-state index >= 15 is 0 Å². The highest BCUT2D eigenvalue weighted by Gasteiger charge is 2.07. The van der Waals surface area contributed by atoms with Crippen LogP contribution >= 0.6 is 0 Å². The van der Waals surface area contributed by atoms with Crippen molar-refractivity contribution in [3.63, 3.8) is 0 Å². The topological polar surface area (TPSA) is 138 Å². The quantitative estimate of drug-likeness (QED) is 0.104. The molecule has 2 aromatic rings. The Bertz CT molecular complexity index is 1220. The Kier molecular flexibility index (Phi) is 17.7. The Labute approximate surface area is 262 Å². The first kappa shape index (κ1) is 37.2. The zero-order chi connectivity index (χ0) is 32.9. The molecular weight excluding hydrogens is 568 g/mol. The van der Waals surface area contributed by atoms with Crippen LogP contribution < -0.4 is 20.1 Å². The van der Waals surface area contributed by atoms with Crippen LogP contribution in [0, 0.1) is 0 Å². The maximum absolute atomic E-state index is 11.5. The Morgan fingerprint density at radius 2 is 1.23 bits per heavy atom. The van der Waals surface area contributed by atoms with E-state index in [1.165, 1.54) is 11.1 Å². The molecule has 0 unspecified atom stereocenters. The smallest absolute Gasteiger partial charge is 0.412 e. The van der Waals surface area contributed by atoms with Gasteiger partial charge in [0.2, 0.25) is 0 Å². The number of carbonyl (C=O) groups excluding carboxylic acids is 4. The molecule has 0 aliphatic heterocycles. The molecule has 0 saturated heterocycles. The van der Waals surface area contributed by atoms with Crippen molar-refractivity contribution in [3.8, 4) is 11.5 Å². The van der Waals surface area contributed by atoms with Crippen molar-refractivity contribution in [2.24, 2.45) is 0 Å². The molecule has 2 amide bonds. The van der Waals surface area contributed by atoms with Crippen LogP contribution in [0.5, 0.6) is 11.5 Å². The van der Waals surface area contributed by atoms with Gasteiger partial charge in [0.05, 0.1) is 13.1 Å². The van der Waals surface area contributed by atoms with Crippen LogP contribution in [0.2, 0.25) is 0 Å². The Morgan fingerprint density at radius 3 is 1.73 bits per heavy atom. The van der Waals surface area contributed by atoms with Gasteiger partial charge >= 0.3 is 24.1 Å². The molecule has 0 fully saturated rings. The highest BCUT2D eigenvalue weighted by molar-refractivity contribution is 5.86. The van der Waals surface area contributed by atoms with Crippen molar-refractivity contribution < 1.29 is 45.7 Å². The molecule has 11 heteroatoms. The summed E-state index contributed by atoms with van der Waals surface area (Å²) in [5, 5.41) is 4.95. The van der Waals surface area contributed by atoms with Gasteiger partial charge in [0.25, 0.3) is 0 Å². The van der Waals surface area contributed by atoms with Gasteiger partial charge in [0, 0.05) is 14.5 Å². The van der Waals surface area contributed by atoms with Crippen molar-refractivity contribution in [1.29, 1.82) is 0 Å². The summed E-state index contributed by atoms with van der Waals surface area (Å²) in [6.07, 6.45) is -0.105. The second-order valence-electron chi connectivity index (χ2n) is 9.96. The Morgan fingerprint density at radius 1 is 0.727 bits per heavy atom. The number of benzene rings is 2. The standard InChI is InChI=1S/C18H25NO5.C15H19NO4.2H2/c1-13(2)15-5-7-16(8-6-15)22-11-12-24-18(21)19-9-10-23-17(20)14(3)4;1-4-14(17)19-10-9-16-15(18)20-13-7-5-12(6-8-13)11(2)3;;/h5-8,13H,3,9-12H2,1-2,4H3,(H,19,21);4-8,11H,1,9-10H2,2-3H3,(H,16,18);2*1H. The first-order chi connectivity index (χ1) is 20.9. The maximum Gasteiger partial charge on any atom is 0.412 e. The first-order valence-corrected chi connectivity index (χ1v) is 14.2. The van der Waals surface area contributed by atoms with E-state index in [9.17, 15) is 19.2 Å². The van der Waals surface area contributed by atoms with Crippen LogP contribution in [-0.4, -0.2) is 63.6 Å². The number of ether oxygens (including phenoxy) is 5. The third-order valence-electron chi connectivity index (χ3n) is 5.62. The number of hydrogen-bond acceptors (Lipinski definition) is 9. The van der Waals surface area contributed by atoms with Crippen LogP contribution in [0.15, 0.2) is 73.3 Å². The molecule has 0 heterocycles. The minimum absolute atomic E-state index is 0. The molecule has 0 aromatic heterocycles. The largest absolute Gasteiger partial charge is 0.490 e. The lowest BCUT2D eigenvalue weighted by atomic mass is 10.0. The number of alkyl carbamates (subject to hydrolysis) is 1. The van der Waals surface area contributed by atoms with E-state index in [2.05, 4.69) is 51.5 Å². The van der Waals surface area contributed by atoms with E-state index in [0.717, 1.165) is 11.8 Å². The number of amides is 2. The summed E-state index contributed by atoms with van der Waals surface area (Å²) in [7, 11) is 0. The van der Waals surface area contributed by atoms with Gasteiger partial charge in [0.15, 0.2) is 0 Å². The number of esters is 2. The maximum atomic E-state index is 11.5. The summed E-state index contributed by atoms with van der Waals surface area (Å²) in [4.78, 5) is 44.7. The van der Waals surface area contributed by atoms with Crippen molar-refractivity contribution in [3.05, 3.63) is 84.5 Å². The zero-order valence-electron chi connectivity index (χ0n) is 26.2. The summed E-state index contributed by atoms with van der Waals surface area (Å²) >= 11 is 0. The van der Waals surface area contributed by atoms with Gasteiger partial charge in [-0.1, -0.05) is 65.1 Å². The molecule has 0 aliphatic rings. The predicted octanol–water partition coefficient (Wildman–Crippen LogP) is 6.15. The van der Waals surface area contributed by atoms with E-state index in [0.29, 0.717) is 23.2 Å². The molecular formula is C33H48N2O9. The SMILES string of the molecule is C=C(C)C(=O)OCCNC(=O)OCCOc1ccc(C(C)C)cc1.C=CC(=O)OCCNC(=O)Oc1ccc(C(C)C)cc1.[HH].[HH]. The van der Waals surface area contributed by atoms with E-state index < -0.39 is 24.1 Å². The second kappa shape index (κ2) is 21.0. The van der Waals surface area contributed by atoms with Gasteiger partial charge < -0.3 is 34.3 Å². The molecule has 0 bridgehead atoms. The molecule has 0 atom stereocenters. The highest BCUT2D eigenvalue weighted by atomic mass is 16.6. The number of hydrogen-bond donors (Lipinski definition) is 2. The minimum Gasteiger partial charge on any atom is -0.490 e. The van der Waals surface area contributed by atoms with Crippen LogP contribution in [-0.2, 0) is 23.8 Å². The van der Waals surface area contributed by atoms with Crippen molar-refractivity contribution in [2.45, 2.75) is 46.5 Å². The van der Waals surface area contributed by atoms with E-state index in [-0.39, 0.29) is 42.4 Å². The van der Waals surface area contributed by atoms with Crippen molar-refractivity contribution in [1.82, 2.24) is 10.6 Å². The minimum atomic E-state index is -0.586. The van der Waals surface area contributed by atoms with Gasteiger partial charge in [0.1, 0.15) is 37.9 Å². The third kappa shape index (κ3) is 16.6. The molecule has 0 aliphatic carbocycles. The summed E-state index contributed by atoms with van der Waals surface area (Å²) in [6, 6.07) is 15.1. The lowest BCUT2D eigenvalue weighted by Gasteiger charge is -2.10. The molecule has 0 spiro atoms. The van der Waals surface area contributed by atoms with Crippen LogP contribution in [0.25, 0.3) is 0 Å². The number of rotatable bonds is 15. The van der Waals surface area contributed by atoms with Crippen molar-refractivity contribution >= 4 is 24.1 Å². The van der Waals surface area contributed by atoms with Gasteiger partial charge in [-0.3, -0.25) is 0 Å². The van der Waals surface area contributed by atoms with Gasteiger partial charge in [-0.05, 0) is 54.2 Å². The Balaban J connectivity index is 0. The van der Waals surface area contributed by atoms with Crippen LogP contribution in [0.4, 0.5) is 9.59 Å². The fraction of sp³-hybridized carbons (Fsp3) is 0.394. The van der Waals surface area contributed by atoms with Crippen LogP contribution in [0.3, 0.4) is 0 Å². The fourth-order valence-corrected chi connectivity index (χ4v) is 3.14. The number of nitrogens with one attached hydrogen (secondary N) is 2. The summed E-state index contributed by atoms with van der Waals surface area (Å²) in [5.41, 5.74) is 2.73. The Hall–Kier alpha value is -4.80. The predicted molar refractivity (Wildman–Crippen MR) is 171 cm³/mol. The first-order valence-electron chi connectivity index (χ1n) is 14.2. The average Bonchev–Trinajstić information content (AvgIpc) is 3.00. The summed E-state index contributed by atoms with van der Waals surface area (Å²) < 4.78 is 25.0. The zero-order valence-corrected chi connectivity index (χ0v) is 26.2. The van der Waals surface area contributed by atoms with Gasteiger partial charge in [-0.25, -0.2) is 19.2 Å². The van der Waals surface area contributed by atoms with E-state index in [1.807, 2.05) is 36.4 Å². The van der Waals surface area contributed by atoms with Crippen LogP contribution in [0.1, 0.15) is 60.4 Å². The molecule has 11 nitrogen and oxygen atoms in total. The molecule has 44 heavy (non-hydrogen) atoms. The summed E-state index contributed by atoms with van der Waals surface area (Å²) in [6.45, 7) is 17.6. The third-order valence-corrected chi connectivity index (χ3v) is 5.62. The van der Waals surface area contributed by atoms with E-state index in [4.69, 9.17) is 23.7 Å². The van der Waals surface area contributed by atoms with E-state index in [1.54, 1.807) is 19.1 Å². The lowest BCUT2D eigenvalue weighted by Crippen LogP contribution is -2.30. The fourth-order valence-electron chi connectivity index (χ4n) is 3.14. The second-order valence-corrected chi connectivity index (χ2v) is 9.96. The number of carbonyl (C=O) groups is 4. The summed E-state index contributed by atoms with van der Waals surface area (Å²) in [5.74, 6) is 1.09. The molecule has 2 aromatic carbocycles. The molecule has 2 N–H and O–H groups in total. The van der Waals surface area contributed by atoms with Gasteiger partial charge in [-0.2, -0.15) is 0 Å². The van der Waals surface area contributed by atoms with Crippen molar-refractivity contribution in [2.75, 3.05) is 39.5 Å². The average molecular weight is 617 g/mol. The lowest BCUT2D eigenvalue weighted by molar-refractivity contribution is -0.139. The van der Waals surface area contributed by atoms with Gasteiger partial charge in [-0.15, -0.1) is 0 Å². The monoisotopic (exact) mass is 616 g/mol. The molecule has 244 valence electrons. The molecule has 0 radical (unpaired) electrons. The normalized spacial score (nSPS) is 10.1. The molecule has 0 saturated carbocycles.